The van der Waals surface area contributed by atoms with Gasteiger partial charge in [-0.2, -0.15) is 0 Å². The van der Waals surface area contributed by atoms with Gasteiger partial charge in [0.05, 0.1) is 27.4 Å². The molecule has 1 aromatic heterocycles. The van der Waals surface area contributed by atoms with Crippen molar-refractivity contribution in [2.75, 3.05) is 27.9 Å². The minimum atomic E-state index is -0.154. The van der Waals surface area contributed by atoms with Gasteiger partial charge in [-0.25, -0.2) is 0 Å². The predicted octanol–water partition coefficient (Wildman–Crippen LogP) is 3.42. The standard InChI is InChI=1S/C21H23N3O5/c1-5-28-16-9-6-14(7-10-16)21(25)24(2)13-19-22-23-20(29-19)15-8-11-17(26-3)18(12-15)27-4/h6-12H,5,13H2,1-4H3. The summed E-state index contributed by atoms with van der Waals surface area (Å²) in [5.74, 6) is 2.41. The Balaban J connectivity index is 1.70. The van der Waals surface area contributed by atoms with Gasteiger partial charge in [0.25, 0.3) is 5.91 Å². The largest absolute Gasteiger partial charge is 0.494 e. The molecule has 1 heterocycles. The van der Waals surface area contributed by atoms with E-state index in [2.05, 4.69) is 10.2 Å². The highest BCUT2D eigenvalue weighted by atomic mass is 16.5. The summed E-state index contributed by atoms with van der Waals surface area (Å²) in [5, 5.41) is 8.11. The molecule has 29 heavy (non-hydrogen) atoms. The SMILES string of the molecule is CCOc1ccc(C(=O)N(C)Cc2nnc(-c3ccc(OC)c(OC)c3)o2)cc1. The molecule has 8 nitrogen and oxygen atoms in total. The lowest BCUT2D eigenvalue weighted by Crippen LogP contribution is -2.26. The third-order valence-electron chi connectivity index (χ3n) is 4.23. The molecule has 3 rings (SSSR count). The van der Waals surface area contributed by atoms with Crippen LogP contribution in [0.3, 0.4) is 0 Å². The molecular weight excluding hydrogens is 374 g/mol. The summed E-state index contributed by atoms with van der Waals surface area (Å²) in [4.78, 5) is 14.1. The molecule has 2 aromatic carbocycles. The van der Waals surface area contributed by atoms with Crippen LogP contribution in [-0.4, -0.2) is 48.9 Å². The molecule has 1 amide bonds. The Morgan fingerprint density at radius 2 is 1.76 bits per heavy atom. The van der Waals surface area contributed by atoms with Gasteiger partial charge in [0.15, 0.2) is 11.5 Å². The monoisotopic (exact) mass is 397 g/mol. The Hall–Kier alpha value is -3.55. The molecule has 0 atom stereocenters. The molecule has 0 radical (unpaired) electrons. The maximum absolute atomic E-state index is 12.6. The van der Waals surface area contributed by atoms with Crippen molar-refractivity contribution in [2.45, 2.75) is 13.5 Å². The van der Waals surface area contributed by atoms with Crippen molar-refractivity contribution in [2.24, 2.45) is 0 Å². The zero-order chi connectivity index (χ0) is 20.8. The number of hydrogen-bond acceptors (Lipinski definition) is 7. The summed E-state index contributed by atoms with van der Waals surface area (Å²) in [5.41, 5.74) is 1.25. The van der Waals surface area contributed by atoms with Gasteiger partial charge >= 0.3 is 0 Å². The fourth-order valence-electron chi connectivity index (χ4n) is 2.76. The van der Waals surface area contributed by atoms with E-state index in [1.807, 2.05) is 6.92 Å². The third-order valence-corrected chi connectivity index (χ3v) is 4.23. The van der Waals surface area contributed by atoms with Crippen molar-refractivity contribution in [1.82, 2.24) is 15.1 Å². The van der Waals surface area contributed by atoms with Crippen LogP contribution < -0.4 is 14.2 Å². The summed E-state index contributed by atoms with van der Waals surface area (Å²) in [6, 6.07) is 12.3. The van der Waals surface area contributed by atoms with Gasteiger partial charge in [-0.15, -0.1) is 10.2 Å². The average molecular weight is 397 g/mol. The Kier molecular flexibility index (Phi) is 6.33. The van der Waals surface area contributed by atoms with E-state index in [0.29, 0.717) is 41.0 Å². The molecule has 0 N–H and O–H groups in total. The van der Waals surface area contributed by atoms with E-state index in [1.165, 1.54) is 4.90 Å². The summed E-state index contributed by atoms with van der Waals surface area (Å²) in [7, 11) is 4.81. The first-order valence-electron chi connectivity index (χ1n) is 9.08. The molecule has 152 valence electrons. The van der Waals surface area contributed by atoms with Crippen molar-refractivity contribution in [1.29, 1.82) is 0 Å². The second-order valence-corrected chi connectivity index (χ2v) is 6.19. The van der Waals surface area contributed by atoms with Crippen molar-refractivity contribution >= 4 is 5.91 Å². The highest BCUT2D eigenvalue weighted by Gasteiger charge is 2.17. The number of carbonyl (C=O) groups is 1. The second kappa shape index (κ2) is 9.09. The Morgan fingerprint density at radius 3 is 2.41 bits per heavy atom. The zero-order valence-corrected chi connectivity index (χ0v) is 16.8. The van der Waals surface area contributed by atoms with E-state index in [4.69, 9.17) is 18.6 Å². The van der Waals surface area contributed by atoms with Crippen LogP contribution in [0, 0.1) is 0 Å². The van der Waals surface area contributed by atoms with Gasteiger partial charge in [0, 0.05) is 18.2 Å². The topological polar surface area (TPSA) is 86.9 Å². The van der Waals surface area contributed by atoms with Gasteiger partial charge in [-0.3, -0.25) is 4.79 Å². The van der Waals surface area contributed by atoms with Gasteiger partial charge < -0.3 is 23.5 Å². The normalized spacial score (nSPS) is 10.5. The lowest BCUT2D eigenvalue weighted by molar-refractivity contribution is 0.0773. The Labute approximate surface area is 169 Å². The maximum Gasteiger partial charge on any atom is 0.254 e. The number of hydrogen-bond donors (Lipinski definition) is 0. The molecule has 0 aliphatic carbocycles. The molecule has 0 fully saturated rings. The quantitative estimate of drug-likeness (QED) is 0.575. The number of aromatic nitrogens is 2. The average Bonchev–Trinajstić information content (AvgIpc) is 3.21. The van der Waals surface area contributed by atoms with E-state index >= 15 is 0 Å². The molecule has 0 saturated heterocycles. The van der Waals surface area contributed by atoms with Crippen LogP contribution in [0.2, 0.25) is 0 Å². The van der Waals surface area contributed by atoms with Gasteiger partial charge in [0.1, 0.15) is 5.75 Å². The summed E-state index contributed by atoms with van der Waals surface area (Å²) in [6.45, 7) is 2.67. The number of methoxy groups -OCH3 is 2. The van der Waals surface area contributed by atoms with E-state index in [9.17, 15) is 4.79 Å². The molecule has 0 spiro atoms. The fraction of sp³-hybridized carbons (Fsp3) is 0.286. The molecule has 0 aliphatic rings. The number of benzene rings is 2. The van der Waals surface area contributed by atoms with Crippen LogP contribution in [0.5, 0.6) is 17.2 Å². The van der Waals surface area contributed by atoms with Crippen molar-refractivity contribution in [3.05, 3.63) is 53.9 Å². The van der Waals surface area contributed by atoms with E-state index < -0.39 is 0 Å². The lowest BCUT2D eigenvalue weighted by Gasteiger charge is -2.15. The number of ether oxygens (including phenoxy) is 3. The zero-order valence-electron chi connectivity index (χ0n) is 16.8. The highest BCUT2D eigenvalue weighted by molar-refractivity contribution is 5.94. The van der Waals surface area contributed by atoms with Gasteiger partial charge in [-0.1, -0.05) is 0 Å². The van der Waals surface area contributed by atoms with E-state index in [1.54, 1.807) is 63.7 Å². The summed E-state index contributed by atoms with van der Waals surface area (Å²) in [6.07, 6.45) is 0. The first-order chi connectivity index (χ1) is 14.0. The van der Waals surface area contributed by atoms with Crippen molar-refractivity contribution < 1.29 is 23.4 Å². The number of nitrogens with zero attached hydrogens (tertiary/aromatic N) is 3. The fourth-order valence-corrected chi connectivity index (χ4v) is 2.76. The van der Waals surface area contributed by atoms with Gasteiger partial charge in [0.2, 0.25) is 11.8 Å². The molecule has 8 heteroatoms. The first kappa shape index (κ1) is 20.2. The van der Waals surface area contributed by atoms with Crippen LogP contribution >= 0.6 is 0 Å². The number of amides is 1. The molecule has 0 bridgehead atoms. The third kappa shape index (κ3) is 4.66. The van der Waals surface area contributed by atoms with Crippen molar-refractivity contribution in [3.63, 3.8) is 0 Å². The van der Waals surface area contributed by atoms with Crippen LogP contribution in [0.1, 0.15) is 23.2 Å². The highest BCUT2D eigenvalue weighted by Crippen LogP contribution is 2.31. The molecular formula is C21H23N3O5. The van der Waals surface area contributed by atoms with Crippen LogP contribution in [0.15, 0.2) is 46.9 Å². The van der Waals surface area contributed by atoms with Crippen LogP contribution in [0.4, 0.5) is 0 Å². The van der Waals surface area contributed by atoms with Gasteiger partial charge in [-0.05, 0) is 49.4 Å². The minimum absolute atomic E-state index is 0.154. The summed E-state index contributed by atoms with van der Waals surface area (Å²) >= 11 is 0. The smallest absolute Gasteiger partial charge is 0.254 e. The molecule has 0 aliphatic heterocycles. The van der Waals surface area contributed by atoms with E-state index in [0.717, 1.165) is 5.75 Å². The number of carbonyl (C=O) groups excluding carboxylic acids is 1. The van der Waals surface area contributed by atoms with Crippen LogP contribution in [0.25, 0.3) is 11.5 Å². The lowest BCUT2D eigenvalue weighted by atomic mass is 10.2. The molecule has 3 aromatic rings. The second-order valence-electron chi connectivity index (χ2n) is 6.19. The number of rotatable bonds is 8. The molecule has 0 saturated carbocycles. The Morgan fingerprint density at radius 1 is 1.03 bits per heavy atom. The summed E-state index contributed by atoms with van der Waals surface area (Å²) < 4.78 is 21.6. The van der Waals surface area contributed by atoms with Crippen LogP contribution in [-0.2, 0) is 6.54 Å². The first-order valence-corrected chi connectivity index (χ1v) is 9.08. The van der Waals surface area contributed by atoms with Crippen molar-refractivity contribution in [3.8, 4) is 28.7 Å². The maximum atomic E-state index is 12.6. The Bertz CT molecular complexity index is 969. The molecule has 0 unspecified atom stereocenters. The minimum Gasteiger partial charge on any atom is -0.494 e. The predicted molar refractivity (Wildman–Crippen MR) is 106 cm³/mol. The van der Waals surface area contributed by atoms with E-state index in [-0.39, 0.29) is 12.5 Å².